The van der Waals surface area contributed by atoms with Crippen molar-refractivity contribution in [1.29, 1.82) is 0 Å². The van der Waals surface area contributed by atoms with E-state index in [0.717, 1.165) is 17.7 Å². The minimum atomic E-state index is -3.97. The maximum absolute atomic E-state index is 13.2. The molecule has 0 radical (unpaired) electrons. The molecule has 2 N–H and O–H groups in total. The van der Waals surface area contributed by atoms with E-state index in [4.69, 9.17) is 0 Å². The third kappa shape index (κ3) is 5.09. The molecule has 0 unspecified atom stereocenters. The van der Waals surface area contributed by atoms with Gasteiger partial charge in [-0.3, -0.25) is 9.78 Å². The first kappa shape index (κ1) is 20.0. The van der Waals surface area contributed by atoms with Crippen LogP contribution in [0.2, 0.25) is 0 Å². The van der Waals surface area contributed by atoms with Gasteiger partial charge in [0.2, 0.25) is 15.9 Å². The van der Waals surface area contributed by atoms with Gasteiger partial charge in [0.1, 0.15) is 11.9 Å². The third-order valence-electron chi connectivity index (χ3n) is 3.85. The lowest BCUT2D eigenvalue weighted by Crippen LogP contribution is -2.49. The Morgan fingerprint density at radius 1 is 1.27 bits per heavy atom. The summed E-state index contributed by atoms with van der Waals surface area (Å²) in [5.74, 6) is -1.23. The molecular formula is C18H22FN3O3S. The Bertz CT molecular complexity index is 871. The van der Waals surface area contributed by atoms with Crippen molar-refractivity contribution in [3.05, 3.63) is 59.7 Å². The van der Waals surface area contributed by atoms with Crippen molar-refractivity contribution < 1.29 is 17.6 Å². The SMILES string of the molecule is Cc1cc(F)ccc1S(=O)(=O)N[C@H](C(=O)NCc1cccnc1)C(C)C. The van der Waals surface area contributed by atoms with E-state index in [1.807, 2.05) is 6.07 Å². The fraction of sp³-hybridized carbons (Fsp3) is 0.333. The second kappa shape index (κ2) is 8.37. The summed E-state index contributed by atoms with van der Waals surface area (Å²) in [4.78, 5) is 16.4. The highest BCUT2D eigenvalue weighted by Crippen LogP contribution is 2.17. The molecule has 0 aliphatic carbocycles. The van der Waals surface area contributed by atoms with Crippen molar-refractivity contribution >= 4 is 15.9 Å². The van der Waals surface area contributed by atoms with Gasteiger partial charge in [0.25, 0.3) is 0 Å². The van der Waals surface area contributed by atoms with Gasteiger partial charge < -0.3 is 5.32 Å². The van der Waals surface area contributed by atoms with Crippen molar-refractivity contribution in [2.24, 2.45) is 5.92 Å². The van der Waals surface area contributed by atoms with E-state index in [9.17, 15) is 17.6 Å². The van der Waals surface area contributed by atoms with Crippen LogP contribution in [0.3, 0.4) is 0 Å². The number of aromatic nitrogens is 1. The zero-order valence-corrected chi connectivity index (χ0v) is 15.7. The summed E-state index contributed by atoms with van der Waals surface area (Å²) < 4.78 is 40.9. The number of aryl methyl sites for hydroxylation is 1. The Hall–Kier alpha value is -2.32. The molecule has 0 spiro atoms. The number of rotatable bonds is 7. The number of sulfonamides is 1. The van der Waals surface area contributed by atoms with Crippen molar-refractivity contribution in [2.45, 2.75) is 38.3 Å². The number of nitrogens with one attached hydrogen (secondary N) is 2. The Kier molecular flexibility index (Phi) is 6.44. The minimum Gasteiger partial charge on any atom is -0.351 e. The van der Waals surface area contributed by atoms with Crippen LogP contribution in [0.1, 0.15) is 25.0 Å². The van der Waals surface area contributed by atoms with E-state index < -0.39 is 27.8 Å². The lowest BCUT2D eigenvalue weighted by Gasteiger charge is -2.22. The first-order valence-corrected chi connectivity index (χ1v) is 9.64. The maximum atomic E-state index is 13.2. The number of pyridine rings is 1. The lowest BCUT2D eigenvalue weighted by atomic mass is 10.0. The van der Waals surface area contributed by atoms with E-state index in [2.05, 4.69) is 15.0 Å². The molecule has 0 fully saturated rings. The highest BCUT2D eigenvalue weighted by atomic mass is 32.2. The summed E-state index contributed by atoms with van der Waals surface area (Å²) in [7, 11) is -3.97. The average molecular weight is 379 g/mol. The first-order valence-electron chi connectivity index (χ1n) is 8.16. The quantitative estimate of drug-likeness (QED) is 0.772. The first-order chi connectivity index (χ1) is 12.2. The molecule has 1 amide bonds. The number of carbonyl (C=O) groups is 1. The van der Waals surface area contributed by atoms with Gasteiger partial charge in [-0.2, -0.15) is 4.72 Å². The van der Waals surface area contributed by atoms with Crippen molar-refractivity contribution in [3.63, 3.8) is 0 Å². The lowest BCUT2D eigenvalue weighted by molar-refractivity contribution is -0.123. The number of halogens is 1. The van der Waals surface area contributed by atoms with Crippen molar-refractivity contribution in [3.8, 4) is 0 Å². The Labute approximate surface area is 152 Å². The zero-order chi connectivity index (χ0) is 19.3. The predicted molar refractivity (Wildman–Crippen MR) is 96.2 cm³/mol. The molecule has 2 rings (SSSR count). The van der Waals surface area contributed by atoms with Crippen LogP contribution in [0.25, 0.3) is 0 Å². The Morgan fingerprint density at radius 2 is 2.00 bits per heavy atom. The molecule has 0 saturated heterocycles. The molecular weight excluding hydrogens is 357 g/mol. The molecule has 0 aliphatic rings. The van der Waals surface area contributed by atoms with Crippen LogP contribution >= 0.6 is 0 Å². The number of hydrogen-bond donors (Lipinski definition) is 2. The summed E-state index contributed by atoms with van der Waals surface area (Å²) in [6, 6.07) is 6.01. The van der Waals surface area contributed by atoms with Gasteiger partial charge in [0.05, 0.1) is 4.90 Å². The summed E-state index contributed by atoms with van der Waals surface area (Å²) in [5, 5.41) is 2.71. The fourth-order valence-electron chi connectivity index (χ4n) is 2.44. The molecule has 1 aromatic heterocycles. The standard InChI is InChI=1S/C18H22FN3O3S/c1-12(2)17(18(23)21-11-14-5-4-8-20-10-14)22-26(24,25)16-7-6-15(19)9-13(16)3/h4-10,12,17,22H,11H2,1-3H3,(H,21,23)/t17-/m0/s1. The number of amides is 1. The van der Waals surface area contributed by atoms with Gasteiger partial charge in [-0.25, -0.2) is 12.8 Å². The van der Waals surface area contributed by atoms with E-state index in [1.165, 1.54) is 13.0 Å². The second-order valence-corrected chi connectivity index (χ2v) is 8.01. The number of hydrogen-bond acceptors (Lipinski definition) is 4. The highest BCUT2D eigenvalue weighted by Gasteiger charge is 2.29. The van der Waals surface area contributed by atoms with Gasteiger partial charge >= 0.3 is 0 Å². The van der Waals surface area contributed by atoms with E-state index in [0.29, 0.717) is 0 Å². The zero-order valence-electron chi connectivity index (χ0n) is 14.9. The molecule has 6 nitrogen and oxygen atoms in total. The molecule has 1 heterocycles. The van der Waals surface area contributed by atoms with Gasteiger partial charge in [0, 0.05) is 18.9 Å². The van der Waals surface area contributed by atoms with Crippen LogP contribution in [0.5, 0.6) is 0 Å². The number of carbonyl (C=O) groups excluding carboxylic acids is 1. The Balaban J connectivity index is 2.14. The summed E-state index contributed by atoms with van der Waals surface area (Å²) in [5.41, 5.74) is 1.08. The summed E-state index contributed by atoms with van der Waals surface area (Å²) >= 11 is 0. The van der Waals surface area contributed by atoms with Crippen molar-refractivity contribution in [1.82, 2.24) is 15.0 Å². The third-order valence-corrected chi connectivity index (χ3v) is 5.45. The molecule has 1 atom stereocenters. The summed E-state index contributed by atoms with van der Waals surface area (Å²) in [6.07, 6.45) is 3.25. The van der Waals surface area contributed by atoms with Crippen LogP contribution in [-0.4, -0.2) is 25.4 Å². The molecule has 26 heavy (non-hydrogen) atoms. The maximum Gasteiger partial charge on any atom is 0.241 e. The van der Waals surface area contributed by atoms with Crippen LogP contribution in [0.15, 0.2) is 47.6 Å². The predicted octanol–water partition coefficient (Wildman–Crippen LogP) is 2.15. The van der Waals surface area contributed by atoms with Crippen molar-refractivity contribution in [2.75, 3.05) is 0 Å². The second-order valence-electron chi connectivity index (χ2n) is 6.33. The van der Waals surface area contributed by atoms with Crippen LogP contribution < -0.4 is 10.0 Å². The van der Waals surface area contributed by atoms with Gasteiger partial charge in [-0.1, -0.05) is 19.9 Å². The fourth-order valence-corrected chi connectivity index (χ4v) is 4.01. The number of nitrogens with zero attached hydrogens (tertiary/aromatic N) is 1. The van der Waals surface area contributed by atoms with Crippen LogP contribution in [0, 0.1) is 18.7 Å². The molecule has 2 aromatic rings. The minimum absolute atomic E-state index is 0.0513. The molecule has 1 aromatic carbocycles. The molecule has 0 aliphatic heterocycles. The van der Waals surface area contributed by atoms with E-state index in [1.54, 1.807) is 32.3 Å². The summed E-state index contributed by atoms with van der Waals surface area (Å²) in [6.45, 7) is 5.24. The normalized spacial score (nSPS) is 12.8. The monoisotopic (exact) mass is 379 g/mol. The Morgan fingerprint density at radius 3 is 2.58 bits per heavy atom. The van der Waals surface area contributed by atoms with E-state index in [-0.39, 0.29) is 22.9 Å². The smallest absolute Gasteiger partial charge is 0.241 e. The highest BCUT2D eigenvalue weighted by molar-refractivity contribution is 7.89. The average Bonchev–Trinajstić information content (AvgIpc) is 2.58. The molecule has 0 bridgehead atoms. The van der Waals surface area contributed by atoms with Crippen LogP contribution in [0.4, 0.5) is 4.39 Å². The van der Waals surface area contributed by atoms with Gasteiger partial charge in [0.15, 0.2) is 0 Å². The number of benzene rings is 1. The van der Waals surface area contributed by atoms with E-state index >= 15 is 0 Å². The largest absolute Gasteiger partial charge is 0.351 e. The molecule has 0 saturated carbocycles. The molecule has 8 heteroatoms. The van der Waals surface area contributed by atoms with Gasteiger partial charge in [-0.15, -0.1) is 0 Å². The van der Waals surface area contributed by atoms with Crippen LogP contribution in [-0.2, 0) is 21.4 Å². The topological polar surface area (TPSA) is 88.2 Å². The molecule has 140 valence electrons. The van der Waals surface area contributed by atoms with Gasteiger partial charge in [-0.05, 0) is 48.2 Å².